The first-order chi connectivity index (χ1) is 14.6. The van der Waals surface area contributed by atoms with Crippen LogP contribution in [0.15, 0.2) is 64.8 Å². The largest absolute Gasteiger partial charge is 0.382 e. The molecule has 5 rings (SSSR count). The number of nitrogens with zero attached hydrogens (tertiary/aromatic N) is 3. The molecule has 1 aliphatic heterocycles. The van der Waals surface area contributed by atoms with Gasteiger partial charge in [0.15, 0.2) is 0 Å². The predicted octanol–water partition coefficient (Wildman–Crippen LogP) is 4.71. The van der Waals surface area contributed by atoms with E-state index in [-0.39, 0.29) is 11.5 Å². The second kappa shape index (κ2) is 7.76. The van der Waals surface area contributed by atoms with Crippen molar-refractivity contribution in [3.05, 3.63) is 71.0 Å². The lowest BCUT2D eigenvalue weighted by Gasteiger charge is -2.43. The second-order valence-corrected chi connectivity index (χ2v) is 9.61. The number of rotatable bonds is 3. The van der Waals surface area contributed by atoms with Crippen LogP contribution in [0.4, 0.5) is 11.5 Å². The summed E-state index contributed by atoms with van der Waals surface area (Å²) in [7, 11) is 0. The van der Waals surface area contributed by atoms with Crippen molar-refractivity contribution in [2.75, 3.05) is 23.7 Å². The van der Waals surface area contributed by atoms with E-state index in [2.05, 4.69) is 45.2 Å². The van der Waals surface area contributed by atoms with Crippen LogP contribution in [-0.2, 0) is 6.42 Å². The van der Waals surface area contributed by atoms with Crippen LogP contribution in [0.1, 0.15) is 30.0 Å². The molecule has 7 heteroatoms. The van der Waals surface area contributed by atoms with Crippen molar-refractivity contribution in [3.63, 3.8) is 0 Å². The molecule has 1 fully saturated rings. The maximum atomic E-state index is 6.70. The number of piperidine rings is 1. The van der Waals surface area contributed by atoms with E-state index in [0.29, 0.717) is 10.8 Å². The van der Waals surface area contributed by atoms with E-state index in [1.54, 1.807) is 6.20 Å². The smallest absolute Gasteiger partial charge is 0.143 e. The maximum Gasteiger partial charge on any atom is 0.143 e. The van der Waals surface area contributed by atoms with Gasteiger partial charge in [0.2, 0.25) is 0 Å². The molecule has 3 heterocycles. The molecule has 0 amide bonds. The van der Waals surface area contributed by atoms with Gasteiger partial charge in [-0.15, -0.1) is 0 Å². The predicted molar refractivity (Wildman–Crippen MR) is 123 cm³/mol. The number of hydrogen-bond donors (Lipinski definition) is 2. The molecular formula is C23H24ClN5S. The van der Waals surface area contributed by atoms with Gasteiger partial charge in [-0.3, -0.25) is 0 Å². The zero-order valence-electron chi connectivity index (χ0n) is 16.6. The fraction of sp³-hybridized carbons (Fsp3) is 0.304. The number of halogens is 1. The molecule has 0 radical (unpaired) electrons. The zero-order valence-corrected chi connectivity index (χ0v) is 18.2. The molecule has 0 unspecified atom stereocenters. The van der Waals surface area contributed by atoms with Crippen LogP contribution < -0.4 is 16.4 Å². The normalized spacial score (nSPS) is 19.8. The molecule has 0 saturated carbocycles. The van der Waals surface area contributed by atoms with Gasteiger partial charge in [-0.25, -0.2) is 9.97 Å². The summed E-state index contributed by atoms with van der Waals surface area (Å²) in [4.78, 5) is 11.9. The molecule has 1 aromatic carbocycles. The Morgan fingerprint density at radius 2 is 1.87 bits per heavy atom. The van der Waals surface area contributed by atoms with Crippen LogP contribution in [0.3, 0.4) is 0 Å². The minimum atomic E-state index is 0.144. The van der Waals surface area contributed by atoms with Crippen molar-refractivity contribution >= 4 is 34.9 Å². The lowest BCUT2D eigenvalue weighted by molar-refractivity contribution is 0.187. The Morgan fingerprint density at radius 1 is 1.07 bits per heavy atom. The lowest BCUT2D eigenvalue weighted by Crippen LogP contribution is -2.44. The van der Waals surface area contributed by atoms with E-state index >= 15 is 0 Å². The van der Waals surface area contributed by atoms with Crippen molar-refractivity contribution in [2.45, 2.75) is 35.2 Å². The molecule has 0 bridgehead atoms. The summed E-state index contributed by atoms with van der Waals surface area (Å²) >= 11 is 7.74. The standard InChI is InChI=1S/C23H24ClN5S/c24-20-18(7-10-27-22(20)26)30-19-6-5-16(14-28-19)29-11-8-23(9-12-29)13-15-3-1-2-4-17(15)21(23)25/h1-7,10,14,21H,8-9,11-13,25H2,(H2,26,27)/t21-/m1/s1. The fourth-order valence-electron chi connectivity index (χ4n) is 4.77. The first kappa shape index (κ1) is 19.7. The van der Waals surface area contributed by atoms with Crippen molar-refractivity contribution < 1.29 is 0 Å². The van der Waals surface area contributed by atoms with E-state index in [4.69, 9.17) is 23.1 Å². The molecule has 2 aromatic heterocycles. The molecule has 1 saturated heterocycles. The van der Waals surface area contributed by atoms with Gasteiger partial charge in [-0.1, -0.05) is 47.6 Å². The van der Waals surface area contributed by atoms with Gasteiger partial charge < -0.3 is 16.4 Å². The third-order valence-corrected chi connectivity index (χ3v) is 8.05. The summed E-state index contributed by atoms with van der Waals surface area (Å²) in [5, 5.41) is 1.36. The molecule has 1 atom stereocenters. The SMILES string of the molecule is Nc1nccc(Sc2ccc(N3CCC4(CC3)Cc3ccccc3[C@H]4N)cn2)c1Cl. The number of aromatic nitrogens is 2. The van der Waals surface area contributed by atoms with Crippen molar-refractivity contribution in [1.82, 2.24) is 9.97 Å². The highest BCUT2D eigenvalue weighted by atomic mass is 35.5. The highest BCUT2D eigenvalue weighted by Gasteiger charge is 2.45. The molecule has 1 aliphatic carbocycles. The summed E-state index contributed by atoms with van der Waals surface area (Å²) in [6.45, 7) is 2.01. The molecule has 4 N–H and O–H groups in total. The molecule has 5 nitrogen and oxygen atoms in total. The molecular weight excluding hydrogens is 414 g/mol. The first-order valence-electron chi connectivity index (χ1n) is 10.2. The first-order valence-corrected chi connectivity index (χ1v) is 11.4. The van der Waals surface area contributed by atoms with E-state index in [1.165, 1.54) is 22.9 Å². The van der Waals surface area contributed by atoms with Gasteiger partial charge >= 0.3 is 0 Å². The van der Waals surface area contributed by atoms with E-state index in [0.717, 1.165) is 48.0 Å². The van der Waals surface area contributed by atoms with Crippen LogP contribution in [0.2, 0.25) is 5.02 Å². The third-order valence-electron chi connectivity index (χ3n) is 6.53. The minimum absolute atomic E-state index is 0.144. The summed E-state index contributed by atoms with van der Waals surface area (Å²) in [6.07, 6.45) is 6.91. The molecule has 1 spiro atoms. The molecule has 154 valence electrons. The number of hydrogen-bond acceptors (Lipinski definition) is 6. The van der Waals surface area contributed by atoms with Gasteiger partial charge in [-0.05, 0) is 54.0 Å². The zero-order chi connectivity index (χ0) is 20.7. The summed E-state index contributed by atoms with van der Waals surface area (Å²) in [6, 6.07) is 14.8. The van der Waals surface area contributed by atoms with Crippen LogP contribution in [0, 0.1) is 5.41 Å². The van der Waals surface area contributed by atoms with Gasteiger partial charge in [0.05, 0.1) is 16.9 Å². The van der Waals surface area contributed by atoms with Crippen molar-refractivity contribution in [1.29, 1.82) is 0 Å². The van der Waals surface area contributed by atoms with Crippen LogP contribution in [-0.4, -0.2) is 23.1 Å². The van der Waals surface area contributed by atoms with Gasteiger partial charge in [0, 0.05) is 30.2 Å². The van der Waals surface area contributed by atoms with Crippen LogP contribution in [0.5, 0.6) is 0 Å². The van der Waals surface area contributed by atoms with Crippen LogP contribution in [0.25, 0.3) is 0 Å². The Bertz CT molecular complexity index is 1060. The quantitative estimate of drug-likeness (QED) is 0.617. The average Bonchev–Trinajstić information content (AvgIpc) is 3.04. The summed E-state index contributed by atoms with van der Waals surface area (Å²) in [5.74, 6) is 0.341. The lowest BCUT2D eigenvalue weighted by atomic mass is 9.73. The number of fused-ring (bicyclic) bond motifs is 1. The summed E-state index contributed by atoms with van der Waals surface area (Å²) in [5.41, 5.74) is 16.6. The summed E-state index contributed by atoms with van der Waals surface area (Å²) < 4.78 is 0. The Kier molecular flexibility index (Phi) is 5.09. The Hall–Kier alpha value is -2.28. The van der Waals surface area contributed by atoms with Gasteiger partial charge in [0.1, 0.15) is 10.8 Å². The highest BCUT2D eigenvalue weighted by Crippen LogP contribution is 2.51. The monoisotopic (exact) mass is 437 g/mol. The maximum absolute atomic E-state index is 6.70. The van der Waals surface area contributed by atoms with E-state index in [1.807, 2.05) is 18.3 Å². The molecule has 2 aliphatic rings. The van der Waals surface area contributed by atoms with Crippen LogP contribution >= 0.6 is 23.4 Å². The fourth-order valence-corrected chi connectivity index (χ4v) is 5.79. The van der Waals surface area contributed by atoms with E-state index < -0.39 is 0 Å². The minimum Gasteiger partial charge on any atom is -0.382 e. The number of anilines is 2. The Labute approximate surface area is 185 Å². The van der Waals surface area contributed by atoms with E-state index in [9.17, 15) is 0 Å². The molecule has 3 aromatic rings. The second-order valence-electron chi connectivity index (χ2n) is 8.17. The topological polar surface area (TPSA) is 81.1 Å². The number of nitrogens with two attached hydrogens (primary N) is 2. The molecule has 30 heavy (non-hydrogen) atoms. The average molecular weight is 438 g/mol. The Balaban J connectivity index is 1.26. The third kappa shape index (κ3) is 3.43. The van der Waals surface area contributed by atoms with Crippen molar-refractivity contribution in [2.24, 2.45) is 11.1 Å². The number of pyridine rings is 2. The number of benzene rings is 1. The number of nitrogen functional groups attached to an aromatic ring is 1. The van der Waals surface area contributed by atoms with Gasteiger partial charge in [-0.2, -0.15) is 0 Å². The highest BCUT2D eigenvalue weighted by molar-refractivity contribution is 7.99. The van der Waals surface area contributed by atoms with Crippen molar-refractivity contribution in [3.8, 4) is 0 Å². The Morgan fingerprint density at radius 3 is 2.60 bits per heavy atom. The van der Waals surface area contributed by atoms with Gasteiger partial charge in [0.25, 0.3) is 0 Å².